The van der Waals surface area contributed by atoms with Crippen molar-refractivity contribution in [2.24, 2.45) is 0 Å². The number of nitrogens with zero attached hydrogens (tertiary/aromatic N) is 1. The zero-order valence-corrected chi connectivity index (χ0v) is 7.83. The largest absolute Gasteiger partial charge is 0.311 e. The van der Waals surface area contributed by atoms with Crippen LogP contribution in [0.2, 0.25) is 0 Å². The molecule has 0 fully saturated rings. The highest BCUT2D eigenvalue weighted by atomic mass is 15.5. The van der Waals surface area contributed by atoms with Gasteiger partial charge in [0.25, 0.3) is 0 Å². The average molecular weight is 174 g/mol. The average Bonchev–Trinajstić information content (AvgIpc) is 2.62. The minimum atomic E-state index is 0.941. The smallest absolute Gasteiger partial charge is 0.0588 e. The third-order valence-corrected chi connectivity index (χ3v) is 2.17. The van der Waals surface area contributed by atoms with Crippen LogP contribution in [0.3, 0.4) is 0 Å². The number of rotatable bonds is 2. The lowest BCUT2D eigenvalue weighted by Crippen LogP contribution is -2.27. The molecule has 2 nitrogen and oxygen atoms in total. The third-order valence-electron chi connectivity index (χ3n) is 2.17. The van der Waals surface area contributed by atoms with Crippen molar-refractivity contribution in [1.82, 2.24) is 10.4 Å². The van der Waals surface area contributed by atoms with E-state index in [1.54, 1.807) is 0 Å². The molecule has 2 heteroatoms. The second-order valence-electron chi connectivity index (χ2n) is 3.36. The number of hydrogen-bond donors (Lipinski definition) is 1. The van der Waals surface area contributed by atoms with E-state index in [2.05, 4.69) is 53.9 Å². The van der Waals surface area contributed by atoms with Gasteiger partial charge in [-0.05, 0) is 12.5 Å². The summed E-state index contributed by atoms with van der Waals surface area (Å²) >= 11 is 0. The van der Waals surface area contributed by atoms with Crippen LogP contribution in [0, 0.1) is 6.92 Å². The topological polar surface area (TPSA) is 15.3 Å². The van der Waals surface area contributed by atoms with Crippen molar-refractivity contribution in [3.8, 4) is 0 Å². The molecule has 0 aromatic heterocycles. The summed E-state index contributed by atoms with van der Waals surface area (Å²) in [4.78, 5) is 0. The predicted octanol–water partition coefficient (Wildman–Crippen LogP) is 1.83. The Morgan fingerprint density at radius 2 is 2.08 bits per heavy atom. The Balaban J connectivity index is 2.01. The molecular weight excluding hydrogens is 160 g/mol. The number of hydrogen-bond acceptors (Lipinski definition) is 2. The zero-order valence-electron chi connectivity index (χ0n) is 7.83. The van der Waals surface area contributed by atoms with Gasteiger partial charge in [0.1, 0.15) is 0 Å². The Morgan fingerprint density at radius 1 is 1.31 bits per heavy atom. The van der Waals surface area contributed by atoms with Crippen molar-refractivity contribution >= 4 is 0 Å². The fraction of sp³-hybridized carbons (Fsp3) is 0.273. The number of aryl methyl sites for hydroxylation is 1. The van der Waals surface area contributed by atoms with Crippen molar-refractivity contribution in [3.63, 3.8) is 0 Å². The van der Waals surface area contributed by atoms with E-state index in [0.29, 0.717) is 0 Å². The molecule has 0 unspecified atom stereocenters. The maximum atomic E-state index is 3.24. The molecule has 1 N–H and O–H groups in total. The molecular formula is C11H14N2. The van der Waals surface area contributed by atoms with Crippen LogP contribution >= 0.6 is 0 Å². The Kier molecular flexibility index (Phi) is 2.32. The van der Waals surface area contributed by atoms with Crippen LogP contribution in [0.5, 0.6) is 0 Å². The molecule has 68 valence electrons. The van der Waals surface area contributed by atoms with Crippen molar-refractivity contribution < 1.29 is 0 Å². The van der Waals surface area contributed by atoms with Crippen LogP contribution in [-0.2, 0) is 6.54 Å². The van der Waals surface area contributed by atoms with Gasteiger partial charge in [0.05, 0.1) is 6.54 Å². The molecule has 0 atom stereocenters. The second-order valence-corrected chi connectivity index (χ2v) is 3.36. The van der Waals surface area contributed by atoms with Gasteiger partial charge < -0.3 is 5.01 Å². The highest BCUT2D eigenvalue weighted by Gasteiger charge is 2.02. The third kappa shape index (κ3) is 2.10. The molecule has 1 aliphatic heterocycles. The van der Waals surface area contributed by atoms with Crippen molar-refractivity contribution in [1.29, 1.82) is 0 Å². The molecule has 0 aliphatic carbocycles. The van der Waals surface area contributed by atoms with Crippen LogP contribution in [-0.4, -0.2) is 11.6 Å². The van der Waals surface area contributed by atoms with Crippen LogP contribution < -0.4 is 5.43 Å². The fourth-order valence-electron chi connectivity index (χ4n) is 1.40. The van der Waals surface area contributed by atoms with E-state index in [9.17, 15) is 0 Å². The summed E-state index contributed by atoms with van der Waals surface area (Å²) < 4.78 is 0. The van der Waals surface area contributed by atoms with E-state index < -0.39 is 0 Å². The lowest BCUT2D eigenvalue weighted by molar-refractivity contribution is 0.298. The minimum absolute atomic E-state index is 0.941. The first-order valence-corrected chi connectivity index (χ1v) is 4.57. The lowest BCUT2D eigenvalue weighted by atomic mass is 10.1. The molecule has 1 heterocycles. The van der Waals surface area contributed by atoms with Crippen LogP contribution in [0.15, 0.2) is 36.5 Å². The first-order chi connectivity index (χ1) is 6.34. The molecule has 0 amide bonds. The predicted molar refractivity (Wildman–Crippen MR) is 53.9 cm³/mol. The van der Waals surface area contributed by atoms with Gasteiger partial charge in [-0.2, -0.15) is 0 Å². The molecule has 0 bridgehead atoms. The van der Waals surface area contributed by atoms with Gasteiger partial charge in [0.15, 0.2) is 0 Å². The van der Waals surface area contributed by atoms with E-state index in [4.69, 9.17) is 0 Å². The normalized spacial score (nSPS) is 15.3. The number of hydrazine groups is 1. The van der Waals surface area contributed by atoms with Gasteiger partial charge in [-0.15, -0.1) is 0 Å². The number of benzene rings is 1. The quantitative estimate of drug-likeness (QED) is 0.735. The SMILES string of the molecule is Cc1ccc(CN2C=CCN2)cc1. The Bertz CT molecular complexity index is 300. The van der Waals surface area contributed by atoms with Gasteiger partial charge in [-0.1, -0.05) is 35.9 Å². The van der Waals surface area contributed by atoms with Gasteiger partial charge in [-0.25, -0.2) is 5.43 Å². The van der Waals surface area contributed by atoms with Crippen molar-refractivity contribution in [2.45, 2.75) is 13.5 Å². The molecule has 0 saturated carbocycles. The van der Waals surface area contributed by atoms with E-state index in [1.165, 1.54) is 11.1 Å². The van der Waals surface area contributed by atoms with Crippen LogP contribution in [0.4, 0.5) is 0 Å². The second kappa shape index (κ2) is 3.62. The first kappa shape index (κ1) is 8.32. The lowest BCUT2D eigenvalue weighted by Gasteiger charge is -2.15. The molecule has 2 rings (SSSR count). The van der Waals surface area contributed by atoms with Gasteiger partial charge >= 0.3 is 0 Å². The van der Waals surface area contributed by atoms with E-state index in [0.717, 1.165) is 13.1 Å². The highest BCUT2D eigenvalue weighted by molar-refractivity contribution is 5.21. The van der Waals surface area contributed by atoms with Gasteiger partial charge in [0, 0.05) is 12.7 Å². The monoisotopic (exact) mass is 174 g/mol. The van der Waals surface area contributed by atoms with Crippen LogP contribution in [0.25, 0.3) is 0 Å². The van der Waals surface area contributed by atoms with Crippen molar-refractivity contribution in [2.75, 3.05) is 6.54 Å². The Morgan fingerprint density at radius 3 is 2.69 bits per heavy atom. The summed E-state index contributed by atoms with van der Waals surface area (Å²) in [6.07, 6.45) is 4.20. The van der Waals surface area contributed by atoms with Crippen molar-refractivity contribution in [3.05, 3.63) is 47.7 Å². The standard InChI is InChI=1S/C11H14N2/c1-10-3-5-11(6-4-10)9-13-8-2-7-12-13/h2-6,8,12H,7,9H2,1H3. The zero-order chi connectivity index (χ0) is 9.10. The Labute approximate surface area is 78.8 Å². The van der Waals surface area contributed by atoms with Gasteiger partial charge in [-0.3, -0.25) is 0 Å². The van der Waals surface area contributed by atoms with Gasteiger partial charge in [0.2, 0.25) is 0 Å². The summed E-state index contributed by atoms with van der Waals surface area (Å²) in [7, 11) is 0. The minimum Gasteiger partial charge on any atom is -0.311 e. The van der Waals surface area contributed by atoms with E-state index in [-0.39, 0.29) is 0 Å². The first-order valence-electron chi connectivity index (χ1n) is 4.57. The fourth-order valence-corrected chi connectivity index (χ4v) is 1.40. The summed E-state index contributed by atoms with van der Waals surface area (Å²) in [6, 6.07) is 8.64. The Hall–Kier alpha value is -1.28. The molecule has 0 spiro atoms. The maximum absolute atomic E-state index is 3.24. The molecule has 13 heavy (non-hydrogen) atoms. The summed E-state index contributed by atoms with van der Waals surface area (Å²) in [5.74, 6) is 0. The summed E-state index contributed by atoms with van der Waals surface area (Å²) in [5.41, 5.74) is 5.89. The molecule has 1 aromatic rings. The highest BCUT2D eigenvalue weighted by Crippen LogP contribution is 2.07. The molecule has 1 aliphatic rings. The number of nitrogens with one attached hydrogen (secondary N) is 1. The molecule has 1 aromatic carbocycles. The van der Waals surface area contributed by atoms with Crippen LogP contribution in [0.1, 0.15) is 11.1 Å². The maximum Gasteiger partial charge on any atom is 0.0588 e. The van der Waals surface area contributed by atoms with E-state index in [1.807, 2.05) is 0 Å². The summed E-state index contributed by atoms with van der Waals surface area (Å²) in [5, 5.41) is 2.10. The molecule has 0 radical (unpaired) electrons. The summed E-state index contributed by atoms with van der Waals surface area (Å²) in [6.45, 7) is 4.00. The molecule has 0 saturated heterocycles. The van der Waals surface area contributed by atoms with E-state index >= 15 is 0 Å².